The number of nitrogens with zero attached hydrogens (tertiary/aromatic N) is 4. The van der Waals surface area contributed by atoms with Crippen LogP contribution in [0.3, 0.4) is 0 Å². The van der Waals surface area contributed by atoms with Gasteiger partial charge in [0.15, 0.2) is 0 Å². The highest BCUT2D eigenvalue weighted by Crippen LogP contribution is 2.31. The number of anilines is 1. The number of nitrogens with one attached hydrogen (secondary N) is 1. The number of hydrogen-bond acceptors (Lipinski definition) is 7. The van der Waals surface area contributed by atoms with Crippen molar-refractivity contribution in [1.29, 1.82) is 0 Å². The molecule has 0 bridgehead atoms. The number of carbonyl (C=O) groups excluding carboxylic acids is 1. The molecule has 8 heteroatoms. The zero-order valence-corrected chi connectivity index (χ0v) is 16.5. The molecule has 2 aliphatic heterocycles. The van der Waals surface area contributed by atoms with Crippen LogP contribution in [0, 0.1) is 11.8 Å². The summed E-state index contributed by atoms with van der Waals surface area (Å²) in [5.41, 5.74) is 0.713. The van der Waals surface area contributed by atoms with Crippen molar-refractivity contribution in [3.05, 3.63) is 34.3 Å². The van der Waals surface area contributed by atoms with Crippen LogP contribution in [0.1, 0.15) is 21.2 Å². The van der Waals surface area contributed by atoms with Crippen molar-refractivity contribution in [2.24, 2.45) is 11.8 Å². The van der Waals surface area contributed by atoms with Gasteiger partial charge < -0.3 is 15.0 Å². The maximum Gasteiger partial charge on any atom is 0.286 e. The summed E-state index contributed by atoms with van der Waals surface area (Å²) in [7, 11) is 3.82. The van der Waals surface area contributed by atoms with E-state index in [1.807, 2.05) is 24.3 Å². The number of rotatable bonds is 5. The fraction of sp³-hybridized carbons (Fsp3) is 0.526. The van der Waals surface area contributed by atoms with Gasteiger partial charge >= 0.3 is 0 Å². The van der Waals surface area contributed by atoms with Crippen LogP contribution < -0.4 is 10.1 Å². The molecule has 3 heterocycles. The zero-order valence-electron chi connectivity index (χ0n) is 15.7. The first-order valence-corrected chi connectivity index (χ1v) is 10.1. The summed E-state index contributed by atoms with van der Waals surface area (Å²) in [6, 6.07) is 7.24. The highest BCUT2D eigenvalue weighted by molar-refractivity contribution is 7.13. The summed E-state index contributed by atoms with van der Waals surface area (Å²) in [6.07, 6.45) is 1.28. The number of hydrogen-bond donors (Lipinski definition) is 1. The van der Waals surface area contributed by atoms with Crippen LogP contribution in [0.5, 0.6) is 5.75 Å². The maximum atomic E-state index is 12.4. The standard InChI is InChI=1S/C19H25N5O2S/c1-23-8-7-13-10-24(11-14(13)9-23)12-17-21-22-19(27-17)18(25)20-15-3-5-16(26-2)6-4-15/h3-6,13-14H,7-12H2,1-2H3,(H,20,25)/t13-,14+/m0/s1. The Morgan fingerprint density at radius 1 is 1.22 bits per heavy atom. The average Bonchev–Trinajstić information content (AvgIpc) is 3.29. The molecular weight excluding hydrogens is 362 g/mol. The van der Waals surface area contributed by atoms with Crippen LogP contribution in [-0.2, 0) is 6.54 Å². The lowest BCUT2D eigenvalue weighted by Gasteiger charge is -2.31. The number of aromatic nitrogens is 2. The zero-order chi connectivity index (χ0) is 18.8. The van der Waals surface area contributed by atoms with Crippen LogP contribution in [0.15, 0.2) is 24.3 Å². The molecular formula is C19H25N5O2S. The first-order valence-electron chi connectivity index (χ1n) is 9.29. The lowest BCUT2D eigenvalue weighted by Crippen LogP contribution is -2.37. The Bertz CT molecular complexity index is 794. The molecule has 1 aromatic carbocycles. The molecule has 2 fully saturated rings. The van der Waals surface area contributed by atoms with Gasteiger partial charge in [0.2, 0.25) is 5.01 Å². The number of piperidine rings is 1. The van der Waals surface area contributed by atoms with Crippen LogP contribution in [0.25, 0.3) is 0 Å². The molecule has 2 atom stereocenters. The summed E-state index contributed by atoms with van der Waals surface area (Å²) in [4.78, 5) is 17.3. The molecule has 1 N–H and O–H groups in total. The second-order valence-electron chi connectivity index (χ2n) is 7.45. The van der Waals surface area contributed by atoms with Crippen molar-refractivity contribution in [2.45, 2.75) is 13.0 Å². The van der Waals surface area contributed by atoms with Crippen molar-refractivity contribution >= 4 is 22.9 Å². The first-order chi connectivity index (χ1) is 13.1. The molecule has 144 valence electrons. The van der Waals surface area contributed by atoms with E-state index in [1.54, 1.807) is 7.11 Å². The predicted octanol–water partition coefficient (Wildman–Crippen LogP) is 2.18. The fourth-order valence-electron chi connectivity index (χ4n) is 4.04. The number of likely N-dealkylation sites (tertiary alicyclic amines) is 2. The van der Waals surface area contributed by atoms with Gasteiger partial charge in [-0.1, -0.05) is 11.3 Å². The van der Waals surface area contributed by atoms with Gasteiger partial charge in [-0.15, -0.1) is 10.2 Å². The van der Waals surface area contributed by atoms with E-state index in [0.717, 1.165) is 42.2 Å². The third-order valence-electron chi connectivity index (χ3n) is 5.45. The van der Waals surface area contributed by atoms with Crippen molar-refractivity contribution in [2.75, 3.05) is 45.7 Å². The molecule has 2 saturated heterocycles. The van der Waals surface area contributed by atoms with E-state index in [-0.39, 0.29) is 5.91 Å². The summed E-state index contributed by atoms with van der Waals surface area (Å²) >= 11 is 1.38. The van der Waals surface area contributed by atoms with Crippen molar-refractivity contribution in [3.8, 4) is 5.75 Å². The van der Waals surface area contributed by atoms with Crippen LogP contribution in [0.2, 0.25) is 0 Å². The SMILES string of the molecule is COc1ccc(NC(=O)c2nnc(CN3C[C@H]4CN(C)CC[C@H]4C3)s2)cc1. The highest BCUT2D eigenvalue weighted by atomic mass is 32.1. The minimum absolute atomic E-state index is 0.222. The van der Waals surface area contributed by atoms with Gasteiger partial charge in [-0.25, -0.2) is 0 Å². The Hall–Kier alpha value is -2.03. The molecule has 1 aromatic heterocycles. The van der Waals surface area contributed by atoms with E-state index in [2.05, 4.69) is 32.4 Å². The Morgan fingerprint density at radius 2 is 2.00 bits per heavy atom. The van der Waals surface area contributed by atoms with Crippen molar-refractivity contribution < 1.29 is 9.53 Å². The number of fused-ring (bicyclic) bond motifs is 1. The van der Waals surface area contributed by atoms with E-state index < -0.39 is 0 Å². The number of benzene rings is 1. The third-order valence-corrected chi connectivity index (χ3v) is 6.35. The van der Waals surface area contributed by atoms with Crippen molar-refractivity contribution in [3.63, 3.8) is 0 Å². The monoisotopic (exact) mass is 387 g/mol. The summed E-state index contributed by atoms with van der Waals surface area (Å²) in [6.45, 7) is 5.41. The Balaban J connectivity index is 1.33. The normalized spacial score (nSPS) is 23.2. The summed E-state index contributed by atoms with van der Waals surface area (Å²) in [5, 5.41) is 12.5. The van der Waals surface area contributed by atoms with Gasteiger partial charge in [-0.2, -0.15) is 0 Å². The molecule has 1 amide bonds. The Morgan fingerprint density at radius 3 is 2.78 bits per heavy atom. The number of methoxy groups -OCH3 is 1. The minimum atomic E-state index is -0.222. The third kappa shape index (κ3) is 4.28. The van der Waals surface area contributed by atoms with Gasteiger partial charge in [-0.3, -0.25) is 9.69 Å². The van der Waals surface area contributed by atoms with E-state index >= 15 is 0 Å². The second kappa shape index (κ2) is 7.92. The molecule has 0 saturated carbocycles. The molecule has 27 heavy (non-hydrogen) atoms. The largest absolute Gasteiger partial charge is 0.497 e. The highest BCUT2D eigenvalue weighted by Gasteiger charge is 2.36. The van der Waals surface area contributed by atoms with E-state index in [0.29, 0.717) is 10.7 Å². The molecule has 0 aliphatic carbocycles. The molecule has 0 radical (unpaired) electrons. The Kier molecular flexibility index (Phi) is 5.38. The average molecular weight is 388 g/mol. The lowest BCUT2D eigenvalue weighted by atomic mass is 9.89. The molecule has 2 aliphatic rings. The van der Waals surface area contributed by atoms with Gasteiger partial charge in [0, 0.05) is 25.3 Å². The van der Waals surface area contributed by atoms with Gasteiger partial charge in [0.05, 0.1) is 13.7 Å². The first kappa shape index (κ1) is 18.3. The van der Waals surface area contributed by atoms with Crippen LogP contribution >= 0.6 is 11.3 Å². The molecule has 0 spiro atoms. The lowest BCUT2D eigenvalue weighted by molar-refractivity contribution is 0.102. The van der Waals surface area contributed by atoms with E-state index in [1.165, 1.54) is 30.8 Å². The van der Waals surface area contributed by atoms with Crippen LogP contribution in [0.4, 0.5) is 5.69 Å². The smallest absolute Gasteiger partial charge is 0.286 e. The fourth-order valence-corrected chi connectivity index (χ4v) is 4.81. The molecule has 2 aromatic rings. The predicted molar refractivity (Wildman–Crippen MR) is 105 cm³/mol. The van der Waals surface area contributed by atoms with E-state index in [9.17, 15) is 4.79 Å². The quantitative estimate of drug-likeness (QED) is 0.848. The number of ether oxygens (including phenoxy) is 1. The number of amides is 1. The molecule has 0 unspecified atom stereocenters. The molecule has 4 rings (SSSR count). The topological polar surface area (TPSA) is 70.6 Å². The minimum Gasteiger partial charge on any atom is -0.497 e. The summed E-state index contributed by atoms with van der Waals surface area (Å²) < 4.78 is 5.13. The number of carbonyl (C=O) groups is 1. The second-order valence-corrected chi connectivity index (χ2v) is 8.51. The summed E-state index contributed by atoms with van der Waals surface area (Å²) in [5.74, 6) is 2.09. The molecule has 7 nitrogen and oxygen atoms in total. The van der Waals surface area contributed by atoms with Crippen molar-refractivity contribution in [1.82, 2.24) is 20.0 Å². The van der Waals surface area contributed by atoms with Crippen LogP contribution in [-0.4, -0.2) is 66.2 Å². The maximum absolute atomic E-state index is 12.4. The van der Waals surface area contributed by atoms with E-state index in [4.69, 9.17) is 4.74 Å². The van der Waals surface area contributed by atoms with Gasteiger partial charge in [-0.05, 0) is 56.1 Å². The van der Waals surface area contributed by atoms with Gasteiger partial charge in [0.1, 0.15) is 10.8 Å². The van der Waals surface area contributed by atoms with Gasteiger partial charge in [0.25, 0.3) is 5.91 Å². The Labute approximate surface area is 163 Å².